The third kappa shape index (κ3) is 3.47. The number of anilines is 1. The predicted octanol–water partition coefficient (Wildman–Crippen LogP) is 2.42. The molecular weight excluding hydrogens is 335 g/mol. The third-order valence-electron chi connectivity index (χ3n) is 3.91. The Morgan fingerprint density at radius 3 is 2.68 bits per heavy atom. The number of halogens is 3. The zero-order valence-electron chi connectivity index (χ0n) is 13.0. The van der Waals surface area contributed by atoms with Crippen LogP contribution >= 0.6 is 0 Å². The van der Waals surface area contributed by atoms with Gasteiger partial charge in [0.15, 0.2) is 11.5 Å². The number of piperidine rings is 1. The first-order chi connectivity index (χ1) is 12.0. The lowest BCUT2D eigenvalue weighted by atomic mass is 10.0. The van der Waals surface area contributed by atoms with Crippen LogP contribution in [0.2, 0.25) is 0 Å². The molecule has 25 heavy (non-hydrogen) atoms. The number of para-hydroxylation sites is 1. The molecule has 1 fully saturated rings. The Bertz CT molecular complexity index is 829. The Balaban J connectivity index is 1.77. The van der Waals surface area contributed by atoms with E-state index in [-0.39, 0.29) is 5.69 Å². The van der Waals surface area contributed by atoms with Crippen LogP contribution in [0.5, 0.6) is 0 Å². The van der Waals surface area contributed by atoms with E-state index in [1.54, 1.807) is 6.07 Å². The average molecular weight is 349 g/mol. The molecule has 130 valence electrons. The molecule has 3 rings (SSSR count). The molecule has 1 aliphatic rings. The van der Waals surface area contributed by atoms with Crippen molar-refractivity contribution < 1.29 is 22.8 Å². The van der Waals surface area contributed by atoms with Crippen molar-refractivity contribution in [3.8, 4) is 0 Å². The van der Waals surface area contributed by atoms with Gasteiger partial charge in [-0.15, -0.1) is 0 Å². The van der Waals surface area contributed by atoms with E-state index >= 15 is 0 Å². The standard InChI is InChI=1S/C17H14F3N3O2/c18-10-8-12(20)15(21-9-10)16(24)22-13-5-3-7-23(17(13)25)14-6-2-1-4-11(14)19/h1-2,4,6,8-9,13H,3,5,7H2,(H,22,24)/t13-/m0/s1. The molecule has 0 unspecified atom stereocenters. The van der Waals surface area contributed by atoms with Gasteiger partial charge in [-0.2, -0.15) is 0 Å². The number of pyridine rings is 1. The number of aromatic nitrogens is 1. The first-order valence-electron chi connectivity index (χ1n) is 7.65. The molecular formula is C17H14F3N3O2. The molecule has 2 aromatic rings. The monoisotopic (exact) mass is 349 g/mol. The van der Waals surface area contributed by atoms with Gasteiger partial charge in [-0.1, -0.05) is 12.1 Å². The molecule has 1 atom stereocenters. The normalized spacial score (nSPS) is 17.5. The number of rotatable bonds is 3. The zero-order valence-corrected chi connectivity index (χ0v) is 13.0. The van der Waals surface area contributed by atoms with E-state index in [1.165, 1.54) is 23.1 Å². The zero-order chi connectivity index (χ0) is 18.0. The van der Waals surface area contributed by atoms with Crippen molar-refractivity contribution in [2.24, 2.45) is 0 Å². The minimum absolute atomic E-state index is 0.123. The van der Waals surface area contributed by atoms with Crippen LogP contribution in [-0.2, 0) is 4.79 Å². The van der Waals surface area contributed by atoms with Crippen LogP contribution in [0.15, 0.2) is 36.5 Å². The first-order valence-corrected chi connectivity index (χ1v) is 7.65. The van der Waals surface area contributed by atoms with Crippen LogP contribution in [0.1, 0.15) is 23.3 Å². The second kappa shape index (κ2) is 6.92. The van der Waals surface area contributed by atoms with Gasteiger partial charge < -0.3 is 10.2 Å². The molecule has 0 aliphatic carbocycles. The summed E-state index contributed by atoms with van der Waals surface area (Å²) in [6.45, 7) is 0.315. The van der Waals surface area contributed by atoms with Gasteiger partial charge in [0.05, 0.1) is 11.9 Å². The number of carbonyl (C=O) groups excluding carboxylic acids is 2. The van der Waals surface area contributed by atoms with Crippen LogP contribution in [0.3, 0.4) is 0 Å². The summed E-state index contributed by atoms with van der Waals surface area (Å²) in [5.74, 6) is -3.99. The van der Waals surface area contributed by atoms with Gasteiger partial charge in [0.1, 0.15) is 17.7 Å². The number of benzene rings is 1. The number of hydrogen-bond acceptors (Lipinski definition) is 3. The quantitative estimate of drug-likeness (QED) is 0.926. The largest absolute Gasteiger partial charge is 0.339 e. The maximum atomic E-state index is 13.9. The van der Waals surface area contributed by atoms with E-state index in [1.807, 2.05) is 0 Å². The highest BCUT2D eigenvalue weighted by Crippen LogP contribution is 2.24. The van der Waals surface area contributed by atoms with Gasteiger partial charge in [0.2, 0.25) is 5.91 Å². The maximum Gasteiger partial charge on any atom is 0.273 e. The summed E-state index contributed by atoms with van der Waals surface area (Å²) < 4.78 is 40.4. The van der Waals surface area contributed by atoms with Crippen LogP contribution in [0.25, 0.3) is 0 Å². The van der Waals surface area contributed by atoms with Gasteiger partial charge >= 0.3 is 0 Å². The highest BCUT2D eigenvalue weighted by molar-refractivity contribution is 6.02. The summed E-state index contributed by atoms with van der Waals surface area (Å²) in [6, 6.07) is 5.42. The summed E-state index contributed by atoms with van der Waals surface area (Å²) in [4.78, 5) is 29.3. The van der Waals surface area contributed by atoms with Gasteiger partial charge in [-0.25, -0.2) is 18.2 Å². The van der Waals surface area contributed by atoms with E-state index in [9.17, 15) is 22.8 Å². The number of nitrogens with zero attached hydrogens (tertiary/aromatic N) is 2. The van der Waals surface area contributed by atoms with Crippen molar-refractivity contribution in [1.82, 2.24) is 10.3 Å². The lowest BCUT2D eigenvalue weighted by Crippen LogP contribution is -2.52. The molecule has 1 aromatic heterocycles. The highest BCUT2D eigenvalue weighted by Gasteiger charge is 2.32. The van der Waals surface area contributed by atoms with Crippen molar-refractivity contribution in [3.05, 3.63) is 59.7 Å². The fourth-order valence-corrected chi connectivity index (χ4v) is 2.73. The molecule has 0 spiro atoms. The molecule has 5 nitrogen and oxygen atoms in total. The summed E-state index contributed by atoms with van der Waals surface area (Å²) in [6.07, 6.45) is 1.58. The fourth-order valence-electron chi connectivity index (χ4n) is 2.73. The Morgan fingerprint density at radius 1 is 1.20 bits per heavy atom. The minimum Gasteiger partial charge on any atom is -0.339 e. The topological polar surface area (TPSA) is 62.3 Å². The molecule has 1 aromatic carbocycles. The number of carbonyl (C=O) groups is 2. The Labute approximate surface area is 141 Å². The molecule has 2 amide bonds. The highest BCUT2D eigenvalue weighted by atomic mass is 19.1. The molecule has 2 heterocycles. The van der Waals surface area contributed by atoms with E-state index < -0.39 is 41.0 Å². The molecule has 0 bridgehead atoms. The predicted molar refractivity (Wildman–Crippen MR) is 83.4 cm³/mol. The van der Waals surface area contributed by atoms with Crippen molar-refractivity contribution in [2.45, 2.75) is 18.9 Å². The third-order valence-corrected chi connectivity index (χ3v) is 3.91. The first kappa shape index (κ1) is 16.9. The number of hydrogen-bond donors (Lipinski definition) is 1. The van der Waals surface area contributed by atoms with Crippen molar-refractivity contribution >= 4 is 17.5 Å². The molecule has 0 radical (unpaired) electrons. The Hall–Kier alpha value is -2.90. The molecule has 1 saturated heterocycles. The van der Waals surface area contributed by atoms with Crippen molar-refractivity contribution in [2.75, 3.05) is 11.4 Å². The van der Waals surface area contributed by atoms with Gasteiger partial charge in [-0.05, 0) is 25.0 Å². The van der Waals surface area contributed by atoms with Crippen molar-refractivity contribution in [3.63, 3.8) is 0 Å². The molecule has 1 N–H and O–H groups in total. The SMILES string of the molecule is O=C(N[C@H]1CCCN(c2ccccc2F)C1=O)c1ncc(F)cc1F. The Morgan fingerprint density at radius 2 is 1.96 bits per heavy atom. The van der Waals surface area contributed by atoms with Gasteiger partial charge in [0.25, 0.3) is 5.91 Å². The van der Waals surface area contributed by atoms with Crippen LogP contribution in [-0.4, -0.2) is 29.4 Å². The summed E-state index contributed by atoms with van der Waals surface area (Å²) in [5.41, 5.74) is -0.477. The van der Waals surface area contributed by atoms with E-state index in [0.29, 0.717) is 31.6 Å². The van der Waals surface area contributed by atoms with E-state index in [4.69, 9.17) is 0 Å². The van der Waals surface area contributed by atoms with Gasteiger partial charge in [0, 0.05) is 12.6 Å². The lowest BCUT2D eigenvalue weighted by Gasteiger charge is -2.32. The smallest absolute Gasteiger partial charge is 0.273 e. The molecule has 8 heteroatoms. The summed E-state index contributed by atoms with van der Waals surface area (Å²) in [7, 11) is 0. The second-order valence-electron chi connectivity index (χ2n) is 5.59. The van der Waals surface area contributed by atoms with Crippen molar-refractivity contribution in [1.29, 1.82) is 0 Å². The minimum atomic E-state index is -1.12. The van der Waals surface area contributed by atoms with Crippen LogP contribution in [0.4, 0.5) is 18.9 Å². The van der Waals surface area contributed by atoms with Crippen LogP contribution < -0.4 is 10.2 Å². The fraction of sp³-hybridized carbons (Fsp3) is 0.235. The average Bonchev–Trinajstić information content (AvgIpc) is 2.57. The Kier molecular flexibility index (Phi) is 4.69. The van der Waals surface area contributed by atoms with Gasteiger partial charge in [-0.3, -0.25) is 9.59 Å². The number of nitrogens with one attached hydrogen (secondary N) is 1. The van der Waals surface area contributed by atoms with Crippen LogP contribution in [0, 0.1) is 17.5 Å². The molecule has 0 saturated carbocycles. The molecule has 1 aliphatic heterocycles. The second-order valence-corrected chi connectivity index (χ2v) is 5.59. The summed E-state index contributed by atoms with van der Waals surface area (Å²) in [5, 5.41) is 2.39. The summed E-state index contributed by atoms with van der Waals surface area (Å²) >= 11 is 0. The lowest BCUT2D eigenvalue weighted by molar-refractivity contribution is -0.121. The van der Waals surface area contributed by atoms with E-state index in [2.05, 4.69) is 10.3 Å². The number of amides is 2. The van der Waals surface area contributed by atoms with E-state index in [0.717, 1.165) is 0 Å². The maximum absolute atomic E-state index is 13.9.